The first kappa shape index (κ1) is 13.7. The molecule has 1 aromatic rings. The summed E-state index contributed by atoms with van der Waals surface area (Å²) in [6.07, 6.45) is 2.32. The van der Waals surface area contributed by atoms with Crippen molar-refractivity contribution in [2.75, 3.05) is 18.6 Å². The van der Waals surface area contributed by atoms with Gasteiger partial charge < -0.3 is 5.32 Å². The van der Waals surface area contributed by atoms with Crippen molar-refractivity contribution >= 4 is 21.2 Å². The Labute approximate surface area is 102 Å². The van der Waals surface area contributed by atoms with Crippen molar-refractivity contribution < 1.29 is 8.42 Å². The van der Waals surface area contributed by atoms with E-state index in [0.717, 1.165) is 6.42 Å². The molecule has 0 aliphatic carbocycles. The van der Waals surface area contributed by atoms with Crippen LogP contribution < -0.4 is 5.32 Å². The SMILES string of the molecule is CCc1ccc(C(C)NCCS(C)(=O)=O)s1. The van der Waals surface area contributed by atoms with Crippen LogP contribution in [0.2, 0.25) is 0 Å². The van der Waals surface area contributed by atoms with Gasteiger partial charge in [0.05, 0.1) is 5.75 Å². The molecule has 0 amide bonds. The van der Waals surface area contributed by atoms with Gasteiger partial charge in [-0.25, -0.2) is 8.42 Å². The Morgan fingerprint density at radius 3 is 2.62 bits per heavy atom. The van der Waals surface area contributed by atoms with Crippen molar-refractivity contribution in [2.24, 2.45) is 0 Å². The average Bonchev–Trinajstić information content (AvgIpc) is 2.63. The largest absolute Gasteiger partial charge is 0.308 e. The summed E-state index contributed by atoms with van der Waals surface area (Å²) in [5, 5.41) is 3.22. The molecule has 0 aliphatic heterocycles. The lowest BCUT2D eigenvalue weighted by atomic mass is 10.2. The van der Waals surface area contributed by atoms with Crippen LogP contribution in [0.4, 0.5) is 0 Å². The van der Waals surface area contributed by atoms with Crippen LogP contribution in [0.25, 0.3) is 0 Å². The molecule has 16 heavy (non-hydrogen) atoms. The zero-order chi connectivity index (χ0) is 12.2. The van der Waals surface area contributed by atoms with Gasteiger partial charge in [-0.05, 0) is 25.5 Å². The Kier molecular flexibility index (Phi) is 4.95. The van der Waals surface area contributed by atoms with E-state index in [1.165, 1.54) is 16.0 Å². The van der Waals surface area contributed by atoms with Gasteiger partial charge in [0.1, 0.15) is 9.84 Å². The van der Waals surface area contributed by atoms with Gasteiger partial charge in [0.2, 0.25) is 0 Å². The second-order valence-electron chi connectivity index (χ2n) is 3.96. The van der Waals surface area contributed by atoms with E-state index in [4.69, 9.17) is 0 Å². The van der Waals surface area contributed by atoms with Crippen molar-refractivity contribution in [1.29, 1.82) is 0 Å². The molecule has 0 fully saturated rings. The maximum Gasteiger partial charge on any atom is 0.148 e. The zero-order valence-electron chi connectivity index (χ0n) is 9.99. The lowest BCUT2D eigenvalue weighted by Crippen LogP contribution is -2.24. The minimum atomic E-state index is -2.86. The molecule has 0 saturated heterocycles. The summed E-state index contributed by atoms with van der Waals surface area (Å²) in [5.74, 6) is 0.198. The molecule has 1 rings (SSSR count). The zero-order valence-corrected chi connectivity index (χ0v) is 11.6. The van der Waals surface area contributed by atoms with Crippen LogP contribution in [0.1, 0.15) is 29.6 Å². The number of rotatable bonds is 6. The summed E-state index contributed by atoms with van der Waals surface area (Å²) in [5.41, 5.74) is 0. The smallest absolute Gasteiger partial charge is 0.148 e. The third-order valence-electron chi connectivity index (χ3n) is 2.38. The van der Waals surface area contributed by atoms with Crippen LogP contribution in [-0.4, -0.2) is 27.0 Å². The highest BCUT2D eigenvalue weighted by Crippen LogP contribution is 2.23. The van der Waals surface area contributed by atoms with E-state index in [1.807, 2.05) is 0 Å². The molecule has 0 aliphatic rings. The third kappa shape index (κ3) is 4.63. The molecular weight excluding hydrogens is 242 g/mol. The third-order valence-corrected chi connectivity index (χ3v) is 4.74. The first-order valence-electron chi connectivity index (χ1n) is 5.42. The Morgan fingerprint density at radius 2 is 2.12 bits per heavy atom. The highest BCUT2D eigenvalue weighted by Gasteiger charge is 2.09. The number of sulfone groups is 1. The van der Waals surface area contributed by atoms with Crippen molar-refractivity contribution in [3.8, 4) is 0 Å². The number of thiophene rings is 1. The standard InChI is InChI=1S/C11H19NO2S2/c1-4-10-5-6-11(15-10)9(2)12-7-8-16(3,13)14/h5-6,9,12H,4,7-8H2,1-3H3. The quantitative estimate of drug-likeness (QED) is 0.852. The molecule has 0 bridgehead atoms. The molecule has 1 atom stereocenters. The first-order chi connectivity index (χ1) is 7.42. The molecule has 0 spiro atoms. The van der Waals surface area contributed by atoms with Gasteiger partial charge in [0.25, 0.3) is 0 Å². The minimum absolute atomic E-state index is 0.198. The highest BCUT2D eigenvalue weighted by atomic mass is 32.2. The molecule has 0 saturated carbocycles. The summed E-state index contributed by atoms with van der Waals surface area (Å²) < 4.78 is 21.9. The number of aryl methyl sites for hydroxylation is 1. The molecule has 1 aromatic heterocycles. The van der Waals surface area contributed by atoms with E-state index in [-0.39, 0.29) is 11.8 Å². The summed E-state index contributed by atoms with van der Waals surface area (Å²) in [7, 11) is -2.86. The number of hydrogen-bond donors (Lipinski definition) is 1. The monoisotopic (exact) mass is 261 g/mol. The minimum Gasteiger partial charge on any atom is -0.308 e. The topological polar surface area (TPSA) is 46.2 Å². The second kappa shape index (κ2) is 5.80. The Balaban J connectivity index is 2.43. The fraction of sp³-hybridized carbons (Fsp3) is 0.636. The van der Waals surface area contributed by atoms with E-state index >= 15 is 0 Å². The van der Waals surface area contributed by atoms with E-state index in [0.29, 0.717) is 6.54 Å². The average molecular weight is 261 g/mol. The van der Waals surface area contributed by atoms with Gasteiger partial charge in [-0.1, -0.05) is 6.92 Å². The molecule has 1 N–H and O–H groups in total. The van der Waals surface area contributed by atoms with Crippen LogP contribution in [0.5, 0.6) is 0 Å². The molecule has 0 aromatic carbocycles. The predicted octanol–water partition coefficient (Wildman–Crippen LogP) is 2.01. The highest BCUT2D eigenvalue weighted by molar-refractivity contribution is 7.90. The molecule has 3 nitrogen and oxygen atoms in total. The summed E-state index contributed by atoms with van der Waals surface area (Å²) in [6.45, 7) is 4.71. The van der Waals surface area contributed by atoms with Crippen molar-refractivity contribution in [3.63, 3.8) is 0 Å². The normalized spacial score (nSPS) is 13.9. The molecule has 5 heteroatoms. The van der Waals surface area contributed by atoms with Gasteiger partial charge in [-0.3, -0.25) is 0 Å². The molecule has 92 valence electrons. The molecular formula is C11H19NO2S2. The predicted molar refractivity (Wildman–Crippen MR) is 69.8 cm³/mol. The number of hydrogen-bond acceptors (Lipinski definition) is 4. The van der Waals surface area contributed by atoms with Crippen LogP contribution in [0, 0.1) is 0 Å². The molecule has 1 heterocycles. The van der Waals surface area contributed by atoms with Crippen molar-refractivity contribution in [3.05, 3.63) is 21.9 Å². The Bertz CT molecular complexity index is 423. The maximum atomic E-state index is 11.0. The van der Waals surface area contributed by atoms with Gasteiger partial charge in [0.15, 0.2) is 0 Å². The summed E-state index contributed by atoms with van der Waals surface area (Å²) in [4.78, 5) is 2.64. The van der Waals surface area contributed by atoms with E-state index < -0.39 is 9.84 Å². The molecule has 1 unspecified atom stereocenters. The Morgan fingerprint density at radius 1 is 1.44 bits per heavy atom. The van der Waals surface area contributed by atoms with Gasteiger partial charge in [0, 0.05) is 28.6 Å². The van der Waals surface area contributed by atoms with Gasteiger partial charge >= 0.3 is 0 Å². The van der Waals surface area contributed by atoms with Crippen LogP contribution in [0.15, 0.2) is 12.1 Å². The van der Waals surface area contributed by atoms with E-state index in [1.54, 1.807) is 11.3 Å². The second-order valence-corrected chi connectivity index (χ2v) is 7.42. The fourth-order valence-corrected chi connectivity index (χ4v) is 2.85. The fourth-order valence-electron chi connectivity index (χ4n) is 1.38. The first-order valence-corrected chi connectivity index (χ1v) is 8.30. The molecule has 0 radical (unpaired) electrons. The van der Waals surface area contributed by atoms with Crippen LogP contribution in [0.3, 0.4) is 0 Å². The number of nitrogens with one attached hydrogen (secondary N) is 1. The van der Waals surface area contributed by atoms with Crippen LogP contribution >= 0.6 is 11.3 Å². The van der Waals surface area contributed by atoms with Gasteiger partial charge in [-0.2, -0.15) is 0 Å². The summed E-state index contributed by atoms with van der Waals surface area (Å²) >= 11 is 1.79. The maximum absolute atomic E-state index is 11.0. The lowest BCUT2D eigenvalue weighted by molar-refractivity contribution is 0.579. The summed E-state index contributed by atoms with van der Waals surface area (Å²) in [6, 6.07) is 4.48. The van der Waals surface area contributed by atoms with Crippen molar-refractivity contribution in [2.45, 2.75) is 26.3 Å². The van der Waals surface area contributed by atoms with E-state index in [9.17, 15) is 8.42 Å². The van der Waals surface area contributed by atoms with Crippen molar-refractivity contribution in [1.82, 2.24) is 5.32 Å². The van der Waals surface area contributed by atoms with Gasteiger partial charge in [-0.15, -0.1) is 11.3 Å². The van der Waals surface area contributed by atoms with Crippen LogP contribution in [-0.2, 0) is 16.3 Å². The Hall–Kier alpha value is -0.390. The van der Waals surface area contributed by atoms with E-state index in [2.05, 4.69) is 31.3 Å². The lowest BCUT2D eigenvalue weighted by Gasteiger charge is -2.11.